The van der Waals surface area contributed by atoms with Crippen molar-refractivity contribution in [3.63, 3.8) is 0 Å². The van der Waals surface area contributed by atoms with Gasteiger partial charge in [0.1, 0.15) is 6.10 Å². The number of fused-ring (bicyclic) bond motifs is 1. The lowest BCUT2D eigenvalue weighted by Crippen LogP contribution is -2.34. The number of benzene rings is 1. The molecule has 1 amide bonds. The molecular formula is C15H19N3O2. The summed E-state index contributed by atoms with van der Waals surface area (Å²) in [6.45, 7) is 2.23. The zero-order chi connectivity index (χ0) is 13.8. The Labute approximate surface area is 117 Å². The van der Waals surface area contributed by atoms with Gasteiger partial charge in [-0.15, -0.1) is 0 Å². The largest absolute Gasteiger partial charge is 0.368 e. The Bertz CT molecular complexity index is 588. The molecule has 1 atom stereocenters. The van der Waals surface area contributed by atoms with Crippen LogP contribution in [0.15, 0.2) is 30.6 Å². The first-order chi connectivity index (χ1) is 9.84. The number of para-hydroxylation sites is 2. The minimum absolute atomic E-state index is 0.0259. The molecule has 1 saturated heterocycles. The fourth-order valence-electron chi connectivity index (χ4n) is 2.55. The number of nitrogens with zero attached hydrogens (tertiary/aromatic N) is 2. The van der Waals surface area contributed by atoms with Gasteiger partial charge < -0.3 is 14.6 Å². The van der Waals surface area contributed by atoms with Gasteiger partial charge in [-0.05, 0) is 31.4 Å². The van der Waals surface area contributed by atoms with E-state index >= 15 is 0 Å². The van der Waals surface area contributed by atoms with Gasteiger partial charge in [0.25, 0.3) is 0 Å². The van der Waals surface area contributed by atoms with Crippen LogP contribution in [0.4, 0.5) is 0 Å². The first-order valence-electron chi connectivity index (χ1n) is 7.14. The van der Waals surface area contributed by atoms with E-state index in [-0.39, 0.29) is 12.0 Å². The molecule has 1 aromatic carbocycles. The summed E-state index contributed by atoms with van der Waals surface area (Å²) in [6.07, 6.45) is 4.34. The summed E-state index contributed by atoms with van der Waals surface area (Å²) in [4.78, 5) is 16.1. The zero-order valence-corrected chi connectivity index (χ0v) is 11.4. The molecule has 0 saturated carbocycles. The molecule has 2 aromatic rings. The van der Waals surface area contributed by atoms with Crippen molar-refractivity contribution in [2.24, 2.45) is 0 Å². The maximum absolute atomic E-state index is 11.8. The topological polar surface area (TPSA) is 56.2 Å². The molecular weight excluding hydrogens is 254 g/mol. The minimum Gasteiger partial charge on any atom is -0.368 e. The van der Waals surface area contributed by atoms with E-state index < -0.39 is 0 Å². The Kier molecular flexibility index (Phi) is 3.97. The van der Waals surface area contributed by atoms with E-state index in [2.05, 4.69) is 20.9 Å². The first-order valence-corrected chi connectivity index (χ1v) is 7.14. The van der Waals surface area contributed by atoms with Crippen LogP contribution in [0.1, 0.15) is 19.3 Å². The number of ether oxygens (including phenoxy) is 1. The fourth-order valence-corrected chi connectivity index (χ4v) is 2.55. The van der Waals surface area contributed by atoms with E-state index in [4.69, 9.17) is 4.74 Å². The molecule has 1 aliphatic rings. The van der Waals surface area contributed by atoms with E-state index in [1.165, 1.54) is 0 Å². The average molecular weight is 273 g/mol. The van der Waals surface area contributed by atoms with Gasteiger partial charge in [-0.1, -0.05) is 12.1 Å². The summed E-state index contributed by atoms with van der Waals surface area (Å²) in [5.74, 6) is 0.0259. The molecule has 1 N–H and O–H groups in total. The molecule has 0 spiro atoms. The van der Waals surface area contributed by atoms with Crippen LogP contribution in [0, 0.1) is 0 Å². The Morgan fingerprint density at radius 1 is 1.45 bits per heavy atom. The van der Waals surface area contributed by atoms with E-state index in [1.807, 2.05) is 24.5 Å². The second-order valence-corrected chi connectivity index (χ2v) is 5.07. The standard InChI is InChI=1S/C15H19N3O2/c19-15(14-7-3-10-20-14)16-8-4-9-18-11-17-12-5-1-2-6-13(12)18/h1-2,5-6,11,14H,3-4,7-10H2,(H,16,19). The van der Waals surface area contributed by atoms with Gasteiger partial charge in [0.2, 0.25) is 5.91 Å². The third kappa shape index (κ3) is 2.82. The number of aryl methyl sites for hydroxylation is 1. The predicted octanol–water partition coefficient (Wildman–Crippen LogP) is 1.72. The van der Waals surface area contributed by atoms with Crippen LogP contribution in [0.25, 0.3) is 11.0 Å². The molecule has 3 rings (SSSR count). The van der Waals surface area contributed by atoms with Gasteiger partial charge in [-0.25, -0.2) is 4.98 Å². The molecule has 1 aromatic heterocycles. The molecule has 106 valence electrons. The van der Waals surface area contributed by atoms with Gasteiger partial charge in [-0.3, -0.25) is 4.79 Å². The molecule has 0 bridgehead atoms. The predicted molar refractivity (Wildman–Crippen MR) is 76.3 cm³/mol. The van der Waals surface area contributed by atoms with Crippen molar-refractivity contribution in [3.8, 4) is 0 Å². The van der Waals surface area contributed by atoms with Gasteiger partial charge in [-0.2, -0.15) is 0 Å². The maximum Gasteiger partial charge on any atom is 0.249 e. The van der Waals surface area contributed by atoms with Crippen LogP contribution >= 0.6 is 0 Å². The van der Waals surface area contributed by atoms with Gasteiger partial charge in [0.05, 0.1) is 17.4 Å². The van der Waals surface area contributed by atoms with Crippen molar-refractivity contribution in [2.45, 2.75) is 31.9 Å². The molecule has 0 aliphatic carbocycles. The minimum atomic E-state index is -0.232. The van der Waals surface area contributed by atoms with E-state index in [0.717, 1.165) is 36.8 Å². The Hall–Kier alpha value is -1.88. The van der Waals surface area contributed by atoms with Crippen molar-refractivity contribution in [3.05, 3.63) is 30.6 Å². The second-order valence-electron chi connectivity index (χ2n) is 5.07. The molecule has 20 heavy (non-hydrogen) atoms. The highest BCUT2D eigenvalue weighted by Crippen LogP contribution is 2.13. The summed E-state index contributed by atoms with van der Waals surface area (Å²) in [6, 6.07) is 8.07. The van der Waals surface area contributed by atoms with Gasteiger partial charge >= 0.3 is 0 Å². The number of hydrogen-bond acceptors (Lipinski definition) is 3. The maximum atomic E-state index is 11.8. The van der Waals surface area contributed by atoms with Gasteiger partial charge in [0, 0.05) is 19.7 Å². The lowest BCUT2D eigenvalue weighted by Gasteiger charge is -2.10. The quantitative estimate of drug-likeness (QED) is 0.844. The smallest absolute Gasteiger partial charge is 0.249 e. The molecule has 5 nitrogen and oxygen atoms in total. The van der Waals surface area contributed by atoms with Crippen molar-refractivity contribution in [2.75, 3.05) is 13.2 Å². The molecule has 2 heterocycles. The van der Waals surface area contributed by atoms with Crippen molar-refractivity contribution in [1.29, 1.82) is 0 Å². The lowest BCUT2D eigenvalue weighted by atomic mass is 10.2. The summed E-state index contributed by atoms with van der Waals surface area (Å²) < 4.78 is 7.47. The number of carbonyl (C=O) groups excluding carboxylic acids is 1. The summed E-state index contributed by atoms with van der Waals surface area (Å²) in [5, 5.41) is 2.94. The summed E-state index contributed by atoms with van der Waals surface area (Å²) in [7, 11) is 0. The summed E-state index contributed by atoms with van der Waals surface area (Å²) in [5.41, 5.74) is 2.15. The van der Waals surface area contributed by atoms with Gasteiger partial charge in [0.15, 0.2) is 0 Å². The molecule has 1 fully saturated rings. The van der Waals surface area contributed by atoms with Crippen molar-refractivity contribution in [1.82, 2.24) is 14.9 Å². The SMILES string of the molecule is O=C(NCCCn1cnc2ccccc21)C1CCCO1. The van der Waals surface area contributed by atoms with Crippen LogP contribution in [-0.4, -0.2) is 34.7 Å². The van der Waals surface area contributed by atoms with Crippen molar-refractivity contribution >= 4 is 16.9 Å². The Balaban J connectivity index is 1.47. The van der Waals surface area contributed by atoms with Crippen LogP contribution < -0.4 is 5.32 Å². The Morgan fingerprint density at radius 3 is 3.20 bits per heavy atom. The monoisotopic (exact) mass is 273 g/mol. The van der Waals surface area contributed by atoms with E-state index in [1.54, 1.807) is 0 Å². The second kappa shape index (κ2) is 6.05. The molecule has 1 unspecified atom stereocenters. The normalized spacial score (nSPS) is 18.5. The number of rotatable bonds is 5. The van der Waals surface area contributed by atoms with Crippen LogP contribution in [0.5, 0.6) is 0 Å². The van der Waals surface area contributed by atoms with Crippen molar-refractivity contribution < 1.29 is 9.53 Å². The van der Waals surface area contributed by atoms with E-state index in [0.29, 0.717) is 13.2 Å². The fraction of sp³-hybridized carbons (Fsp3) is 0.467. The first kappa shape index (κ1) is 13.1. The molecule has 5 heteroatoms. The third-order valence-corrected chi connectivity index (χ3v) is 3.62. The Morgan fingerprint density at radius 2 is 2.35 bits per heavy atom. The highest BCUT2D eigenvalue weighted by molar-refractivity contribution is 5.80. The van der Waals surface area contributed by atoms with Crippen LogP contribution in [0.3, 0.4) is 0 Å². The zero-order valence-electron chi connectivity index (χ0n) is 11.4. The molecule has 0 radical (unpaired) electrons. The number of nitrogens with one attached hydrogen (secondary N) is 1. The number of amides is 1. The highest BCUT2D eigenvalue weighted by atomic mass is 16.5. The average Bonchev–Trinajstić information content (AvgIpc) is 3.13. The lowest BCUT2D eigenvalue weighted by molar-refractivity contribution is -0.130. The molecule has 1 aliphatic heterocycles. The highest BCUT2D eigenvalue weighted by Gasteiger charge is 2.22. The third-order valence-electron chi connectivity index (χ3n) is 3.62. The number of carbonyl (C=O) groups is 1. The van der Waals surface area contributed by atoms with Crippen LogP contribution in [0.2, 0.25) is 0 Å². The van der Waals surface area contributed by atoms with E-state index in [9.17, 15) is 4.79 Å². The number of hydrogen-bond donors (Lipinski definition) is 1. The number of imidazole rings is 1. The summed E-state index contributed by atoms with van der Waals surface area (Å²) >= 11 is 0. The van der Waals surface area contributed by atoms with Crippen LogP contribution in [-0.2, 0) is 16.1 Å². The number of aromatic nitrogens is 2.